The smallest absolute Gasteiger partial charge is 0.0547 e. The SMILES string of the molecule is c1ccc(-c2ccc3c4ccc(-c5ccccc5)cc4n(-c4ccccc4)c3c2)cc1. The summed E-state index contributed by atoms with van der Waals surface area (Å²) in [5, 5.41) is 2.55. The van der Waals surface area contributed by atoms with Gasteiger partial charge in [0.1, 0.15) is 0 Å². The molecule has 0 N–H and O–H groups in total. The lowest BCUT2D eigenvalue weighted by atomic mass is 10.0. The molecule has 1 heterocycles. The number of benzene rings is 5. The first kappa shape index (κ1) is 17.7. The van der Waals surface area contributed by atoms with E-state index < -0.39 is 0 Å². The van der Waals surface area contributed by atoms with Crippen LogP contribution < -0.4 is 0 Å². The van der Waals surface area contributed by atoms with Gasteiger partial charge in [0.15, 0.2) is 0 Å². The molecule has 1 nitrogen and oxygen atoms in total. The van der Waals surface area contributed by atoms with Crippen molar-refractivity contribution in [3.8, 4) is 27.9 Å². The largest absolute Gasteiger partial charge is 0.309 e. The number of para-hydroxylation sites is 1. The molecule has 1 heteroatoms. The molecule has 0 atom stereocenters. The van der Waals surface area contributed by atoms with Gasteiger partial charge in [-0.25, -0.2) is 0 Å². The summed E-state index contributed by atoms with van der Waals surface area (Å²) in [5.74, 6) is 0. The van der Waals surface area contributed by atoms with Crippen LogP contribution in [0.3, 0.4) is 0 Å². The van der Waals surface area contributed by atoms with Crippen LogP contribution in [0.25, 0.3) is 49.7 Å². The highest BCUT2D eigenvalue weighted by Gasteiger charge is 2.14. The second-order valence-corrected chi connectivity index (χ2v) is 7.87. The first-order chi connectivity index (χ1) is 15.4. The van der Waals surface area contributed by atoms with Crippen LogP contribution >= 0.6 is 0 Å². The predicted molar refractivity (Wildman–Crippen MR) is 132 cm³/mol. The van der Waals surface area contributed by atoms with E-state index in [1.165, 1.54) is 49.7 Å². The minimum atomic E-state index is 1.18. The van der Waals surface area contributed by atoms with Crippen molar-refractivity contribution in [1.29, 1.82) is 0 Å². The highest BCUT2D eigenvalue weighted by Crippen LogP contribution is 2.36. The average molecular weight is 396 g/mol. The van der Waals surface area contributed by atoms with Crippen molar-refractivity contribution in [3.05, 3.63) is 127 Å². The van der Waals surface area contributed by atoms with E-state index in [-0.39, 0.29) is 0 Å². The Balaban J connectivity index is 1.68. The molecule has 31 heavy (non-hydrogen) atoms. The molecule has 0 bridgehead atoms. The van der Waals surface area contributed by atoms with Crippen molar-refractivity contribution < 1.29 is 0 Å². The van der Waals surface area contributed by atoms with Crippen LogP contribution in [-0.2, 0) is 0 Å². The van der Waals surface area contributed by atoms with Gasteiger partial charge < -0.3 is 4.57 Å². The van der Waals surface area contributed by atoms with Crippen molar-refractivity contribution in [3.63, 3.8) is 0 Å². The fraction of sp³-hybridized carbons (Fsp3) is 0. The van der Waals surface area contributed by atoms with Gasteiger partial charge in [0.2, 0.25) is 0 Å². The second-order valence-electron chi connectivity index (χ2n) is 7.87. The van der Waals surface area contributed by atoms with Gasteiger partial charge >= 0.3 is 0 Å². The topological polar surface area (TPSA) is 4.93 Å². The number of nitrogens with zero attached hydrogens (tertiary/aromatic N) is 1. The summed E-state index contributed by atoms with van der Waals surface area (Å²) in [6.45, 7) is 0. The van der Waals surface area contributed by atoms with Gasteiger partial charge in [-0.1, -0.05) is 103 Å². The summed E-state index contributed by atoms with van der Waals surface area (Å²) in [7, 11) is 0. The van der Waals surface area contributed by atoms with Gasteiger partial charge in [0.25, 0.3) is 0 Å². The molecular weight excluding hydrogens is 374 g/mol. The van der Waals surface area contributed by atoms with E-state index in [1.54, 1.807) is 0 Å². The molecule has 0 aliphatic rings. The Morgan fingerprint density at radius 2 is 0.774 bits per heavy atom. The van der Waals surface area contributed by atoms with E-state index in [0.29, 0.717) is 0 Å². The maximum absolute atomic E-state index is 2.39. The summed E-state index contributed by atoms with van der Waals surface area (Å²) in [6, 6.07) is 45.5. The Labute approximate surface area is 181 Å². The van der Waals surface area contributed by atoms with E-state index in [9.17, 15) is 0 Å². The number of aromatic nitrogens is 1. The first-order valence-electron chi connectivity index (χ1n) is 10.6. The molecule has 6 aromatic rings. The maximum atomic E-state index is 2.39. The lowest BCUT2D eigenvalue weighted by Gasteiger charge is -2.10. The van der Waals surface area contributed by atoms with E-state index in [0.717, 1.165) is 0 Å². The third kappa shape index (κ3) is 3.03. The van der Waals surface area contributed by atoms with E-state index >= 15 is 0 Å². The summed E-state index contributed by atoms with van der Waals surface area (Å²) in [5.41, 5.74) is 8.57. The zero-order valence-corrected chi connectivity index (χ0v) is 17.1. The molecule has 0 saturated carbocycles. The van der Waals surface area contributed by atoms with E-state index in [1.807, 2.05) is 0 Å². The van der Waals surface area contributed by atoms with Crippen LogP contribution in [0, 0.1) is 0 Å². The fourth-order valence-electron chi connectivity index (χ4n) is 4.49. The molecule has 0 saturated heterocycles. The molecule has 5 aromatic carbocycles. The normalized spacial score (nSPS) is 11.2. The monoisotopic (exact) mass is 395 g/mol. The predicted octanol–water partition coefficient (Wildman–Crippen LogP) is 8.12. The lowest BCUT2D eigenvalue weighted by Crippen LogP contribution is -1.93. The van der Waals surface area contributed by atoms with Crippen LogP contribution in [0.15, 0.2) is 127 Å². The minimum Gasteiger partial charge on any atom is -0.309 e. The van der Waals surface area contributed by atoms with Crippen LogP contribution in [0.5, 0.6) is 0 Å². The molecule has 0 unspecified atom stereocenters. The van der Waals surface area contributed by atoms with Gasteiger partial charge in [-0.05, 0) is 46.5 Å². The van der Waals surface area contributed by atoms with Crippen molar-refractivity contribution in [2.75, 3.05) is 0 Å². The molecule has 1 aromatic heterocycles. The zero-order valence-electron chi connectivity index (χ0n) is 17.1. The Bertz CT molecular complexity index is 1400. The van der Waals surface area contributed by atoms with E-state index in [2.05, 4.69) is 132 Å². The standard InChI is InChI=1S/C30H21N/c1-4-10-22(11-5-1)24-16-18-27-28-19-17-25(23-12-6-2-7-13-23)21-30(28)31(29(27)20-24)26-14-8-3-9-15-26/h1-21H. The highest BCUT2D eigenvalue weighted by molar-refractivity contribution is 6.11. The lowest BCUT2D eigenvalue weighted by molar-refractivity contribution is 1.18. The Morgan fingerprint density at radius 1 is 0.355 bits per heavy atom. The number of fused-ring (bicyclic) bond motifs is 3. The molecule has 0 spiro atoms. The van der Waals surface area contributed by atoms with Crippen molar-refractivity contribution in [2.24, 2.45) is 0 Å². The Kier molecular flexibility index (Phi) is 4.18. The summed E-state index contributed by atoms with van der Waals surface area (Å²) < 4.78 is 2.39. The Morgan fingerprint density at radius 3 is 1.23 bits per heavy atom. The quantitative estimate of drug-likeness (QED) is 0.285. The highest BCUT2D eigenvalue weighted by atomic mass is 15.0. The average Bonchev–Trinajstić information content (AvgIpc) is 3.18. The third-order valence-electron chi connectivity index (χ3n) is 6.00. The van der Waals surface area contributed by atoms with Gasteiger partial charge in [0, 0.05) is 16.5 Å². The minimum absolute atomic E-state index is 1.18. The zero-order chi connectivity index (χ0) is 20.6. The van der Waals surface area contributed by atoms with E-state index in [4.69, 9.17) is 0 Å². The molecule has 0 aliphatic carbocycles. The maximum Gasteiger partial charge on any atom is 0.0547 e. The molecular formula is C30H21N. The van der Waals surface area contributed by atoms with Gasteiger partial charge in [0.05, 0.1) is 11.0 Å². The van der Waals surface area contributed by atoms with Gasteiger partial charge in [-0.3, -0.25) is 0 Å². The summed E-state index contributed by atoms with van der Waals surface area (Å²) >= 11 is 0. The molecule has 146 valence electrons. The third-order valence-corrected chi connectivity index (χ3v) is 6.00. The first-order valence-corrected chi connectivity index (χ1v) is 10.6. The Hall–Kier alpha value is -4.10. The van der Waals surface area contributed by atoms with Gasteiger partial charge in [-0.15, -0.1) is 0 Å². The number of hydrogen-bond acceptors (Lipinski definition) is 0. The van der Waals surface area contributed by atoms with Crippen LogP contribution in [-0.4, -0.2) is 4.57 Å². The molecule has 0 amide bonds. The van der Waals surface area contributed by atoms with Crippen LogP contribution in [0.2, 0.25) is 0 Å². The summed E-state index contributed by atoms with van der Waals surface area (Å²) in [4.78, 5) is 0. The van der Waals surface area contributed by atoms with Gasteiger partial charge in [-0.2, -0.15) is 0 Å². The van der Waals surface area contributed by atoms with Crippen molar-refractivity contribution in [1.82, 2.24) is 4.57 Å². The summed E-state index contributed by atoms with van der Waals surface area (Å²) in [6.07, 6.45) is 0. The van der Waals surface area contributed by atoms with Crippen LogP contribution in [0.1, 0.15) is 0 Å². The fourth-order valence-corrected chi connectivity index (χ4v) is 4.49. The molecule has 0 aliphatic heterocycles. The molecule has 6 rings (SSSR count). The van der Waals surface area contributed by atoms with Crippen molar-refractivity contribution >= 4 is 21.8 Å². The number of hydrogen-bond donors (Lipinski definition) is 0. The van der Waals surface area contributed by atoms with Crippen LogP contribution in [0.4, 0.5) is 0 Å². The number of rotatable bonds is 3. The second kappa shape index (κ2) is 7.30. The van der Waals surface area contributed by atoms with Crippen molar-refractivity contribution in [2.45, 2.75) is 0 Å². The molecule has 0 fully saturated rings. The molecule has 0 radical (unpaired) electrons.